The maximum Gasteiger partial charge on any atom is 0.280 e. The predicted octanol–water partition coefficient (Wildman–Crippen LogP) is 5.60. The SMILES string of the molecule is O=C(NC1CCC(Nc2cc(C(F)F)nc3ccc(F)cc23)CC1)c1ccc(F)cc1. The topological polar surface area (TPSA) is 54.0 Å². The van der Waals surface area contributed by atoms with Crippen LogP contribution in [0.2, 0.25) is 0 Å². The van der Waals surface area contributed by atoms with Gasteiger partial charge in [-0.15, -0.1) is 0 Å². The molecule has 0 spiro atoms. The molecule has 1 aliphatic carbocycles. The smallest absolute Gasteiger partial charge is 0.280 e. The van der Waals surface area contributed by atoms with Crippen LogP contribution in [0.4, 0.5) is 23.2 Å². The zero-order chi connectivity index (χ0) is 22.0. The van der Waals surface area contributed by atoms with Crippen LogP contribution in [0.5, 0.6) is 0 Å². The maximum absolute atomic E-state index is 13.7. The molecule has 162 valence electrons. The molecular weight excluding hydrogens is 410 g/mol. The lowest BCUT2D eigenvalue weighted by atomic mass is 9.90. The van der Waals surface area contributed by atoms with E-state index in [9.17, 15) is 22.4 Å². The van der Waals surface area contributed by atoms with Crippen molar-refractivity contribution in [3.8, 4) is 0 Å². The Bertz CT molecular complexity index is 1080. The van der Waals surface area contributed by atoms with Crippen molar-refractivity contribution in [1.29, 1.82) is 0 Å². The lowest BCUT2D eigenvalue weighted by Crippen LogP contribution is -2.40. The van der Waals surface area contributed by atoms with Crippen LogP contribution in [0.1, 0.15) is 48.2 Å². The number of pyridine rings is 1. The number of benzene rings is 2. The quantitative estimate of drug-likeness (QED) is 0.517. The molecular formula is C23H21F4N3O. The van der Waals surface area contributed by atoms with Crippen LogP contribution < -0.4 is 10.6 Å². The fraction of sp³-hybridized carbons (Fsp3) is 0.304. The Morgan fingerprint density at radius 1 is 0.903 bits per heavy atom. The Kier molecular flexibility index (Phi) is 6.06. The average Bonchev–Trinajstić information content (AvgIpc) is 2.75. The fourth-order valence-corrected chi connectivity index (χ4v) is 3.92. The van der Waals surface area contributed by atoms with E-state index in [1.807, 2.05) is 0 Å². The van der Waals surface area contributed by atoms with Gasteiger partial charge in [-0.1, -0.05) is 0 Å². The average molecular weight is 431 g/mol. The van der Waals surface area contributed by atoms with E-state index in [-0.39, 0.29) is 23.7 Å². The van der Waals surface area contributed by atoms with Crippen molar-refractivity contribution in [3.63, 3.8) is 0 Å². The molecule has 1 amide bonds. The lowest BCUT2D eigenvalue weighted by Gasteiger charge is -2.30. The Morgan fingerprint density at radius 3 is 2.23 bits per heavy atom. The van der Waals surface area contributed by atoms with Gasteiger partial charge in [-0.25, -0.2) is 22.5 Å². The second-order valence-electron chi connectivity index (χ2n) is 7.73. The van der Waals surface area contributed by atoms with Gasteiger partial charge < -0.3 is 10.6 Å². The number of nitrogens with one attached hydrogen (secondary N) is 2. The van der Waals surface area contributed by atoms with E-state index in [2.05, 4.69) is 15.6 Å². The van der Waals surface area contributed by atoms with Crippen LogP contribution in [-0.2, 0) is 0 Å². The third-order valence-electron chi connectivity index (χ3n) is 5.54. The van der Waals surface area contributed by atoms with Gasteiger partial charge in [0.05, 0.1) is 5.52 Å². The van der Waals surface area contributed by atoms with Crippen molar-refractivity contribution < 1.29 is 22.4 Å². The monoisotopic (exact) mass is 431 g/mol. The first-order valence-electron chi connectivity index (χ1n) is 10.1. The van der Waals surface area contributed by atoms with Crippen LogP contribution in [0.25, 0.3) is 10.9 Å². The van der Waals surface area contributed by atoms with Crippen molar-refractivity contribution in [1.82, 2.24) is 10.3 Å². The highest BCUT2D eigenvalue weighted by Gasteiger charge is 2.24. The summed E-state index contributed by atoms with van der Waals surface area (Å²) in [4.78, 5) is 16.2. The molecule has 2 aromatic carbocycles. The minimum absolute atomic E-state index is 0.00152. The minimum Gasteiger partial charge on any atom is -0.382 e. The highest BCUT2D eigenvalue weighted by atomic mass is 19.3. The van der Waals surface area contributed by atoms with E-state index in [0.717, 1.165) is 0 Å². The summed E-state index contributed by atoms with van der Waals surface area (Å²) in [6.45, 7) is 0. The number of hydrogen-bond acceptors (Lipinski definition) is 3. The number of aromatic nitrogens is 1. The number of halogens is 4. The van der Waals surface area contributed by atoms with Crippen LogP contribution in [0, 0.1) is 11.6 Å². The number of rotatable bonds is 5. The van der Waals surface area contributed by atoms with Gasteiger partial charge in [-0.2, -0.15) is 0 Å². The molecule has 2 N–H and O–H groups in total. The van der Waals surface area contributed by atoms with Gasteiger partial charge in [0, 0.05) is 28.7 Å². The number of anilines is 1. The molecule has 31 heavy (non-hydrogen) atoms. The molecule has 1 aromatic heterocycles. The summed E-state index contributed by atoms with van der Waals surface area (Å²) in [7, 11) is 0. The summed E-state index contributed by atoms with van der Waals surface area (Å²) in [6, 6.07) is 10.5. The molecule has 0 aliphatic heterocycles. The van der Waals surface area contributed by atoms with Crippen molar-refractivity contribution in [2.24, 2.45) is 0 Å². The number of fused-ring (bicyclic) bond motifs is 1. The van der Waals surface area contributed by atoms with Gasteiger partial charge in [0.25, 0.3) is 12.3 Å². The second-order valence-corrected chi connectivity index (χ2v) is 7.73. The van der Waals surface area contributed by atoms with Crippen molar-refractivity contribution in [2.75, 3.05) is 5.32 Å². The third-order valence-corrected chi connectivity index (χ3v) is 5.54. The molecule has 1 aliphatic rings. The van der Waals surface area contributed by atoms with E-state index in [1.54, 1.807) is 0 Å². The fourth-order valence-electron chi connectivity index (χ4n) is 3.92. The van der Waals surface area contributed by atoms with E-state index in [0.29, 0.717) is 47.8 Å². The number of amides is 1. The van der Waals surface area contributed by atoms with Gasteiger partial charge in [-0.3, -0.25) is 4.79 Å². The van der Waals surface area contributed by atoms with Crippen molar-refractivity contribution in [3.05, 3.63) is 71.4 Å². The van der Waals surface area contributed by atoms with E-state index in [1.165, 1.54) is 48.5 Å². The first-order chi connectivity index (χ1) is 14.9. The first kappa shape index (κ1) is 21.1. The minimum atomic E-state index is -2.73. The highest BCUT2D eigenvalue weighted by molar-refractivity contribution is 5.94. The zero-order valence-corrected chi connectivity index (χ0v) is 16.5. The lowest BCUT2D eigenvalue weighted by molar-refractivity contribution is 0.0926. The summed E-state index contributed by atoms with van der Waals surface area (Å²) in [5.74, 6) is -1.12. The molecule has 0 bridgehead atoms. The molecule has 4 nitrogen and oxygen atoms in total. The third kappa shape index (κ3) is 4.95. The van der Waals surface area contributed by atoms with Crippen LogP contribution >= 0.6 is 0 Å². The van der Waals surface area contributed by atoms with E-state index in [4.69, 9.17) is 0 Å². The summed E-state index contributed by atoms with van der Waals surface area (Å²) in [5, 5.41) is 6.67. The van der Waals surface area contributed by atoms with Gasteiger partial charge >= 0.3 is 0 Å². The van der Waals surface area contributed by atoms with Crippen molar-refractivity contribution >= 4 is 22.5 Å². The molecule has 0 saturated heterocycles. The molecule has 0 atom stereocenters. The molecule has 8 heteroatoms. The molecule has 1 saturated carbocycles. The van der Waals surface area contributed by atoms with Gasteiger partial charge in [0.15, 0.2) is 0 Å². The number of carbonyl (C=O) groups is 1. The van der Waals surface area contributed by atoms with Gasteiger partial charge in [-0.05, 0) is 74.2 Å². The highest BCUT2D eigenvalue weighted by Crippen LogP contribution is 2.31. The number of carbonyl (C=O) groups excluding carboxylic acids is 1. The molecule has 1 heterocycles. The number of nitrogens with zero attached hydrogens (tertiary/aromatic N) is 1. The van der Waals surface area contributed by atoms with E-state index < -0.39 is 18.1 Å². The summed E-state index contributed by atoms with van der Waals surface area (Å²) in [5.41, 5.74) is 0.772. The standard InChI is InChI=1S/C23H21F4N3O/c24-14-3-1-13(2-4-14)23(31)29-17-8-6-16(7-9-17)28-20-12-21(22(26)27)30-19-10-5-15(25)11-18(19)20/h1-5,10-12,16-17,22H,6-9H2,(H,28,30)(H,29,31). The Labute approximate surface area is 176 Å². The van der Waals surface area contributed by atoms with Gasteiger partial charge in [0.2, 0.25) is 0 Å². The Balaban J connectivity index is 1.42. The largest absolute Gasteiger partial charge is 0.382 e. The molecule has 4 rings (SSSR count). The summed E-state index contributed by atoms with van der Waals surface area (Å²) < 4.78 is 53.2. The van der Waals surface area contributed by atoms with Crippen LogP contribution in [0.3, 0.4) is 0 Å². The Morgan fingerprint density at radius 2 is 1.55 bits per heavy atom. The van der Waals surface area contributed by atoms with Crippen molar-refractivity contribution in [2.45, 2.75) is 44.2 Å². The Hall–Kier alpha value is -3.16. The molecule has 0 radical (unpaired) electrons. The summed E-state index contributed by atoms with van der Waals surface area (Å²) >= 11 is 0. The first-order valence-corrected chi connectivity index (χ1v) is 10.1. The van der Waals surface area contributed by atoms with Crippen LogP contribution in [0.15, 0.2) is 48.5 Å². The molecule has 3 aromatic rings. The van der Waals surface area contributed by atoms with Crippen LogP contribution in [-0.4, -0.2) is 23.0 Å². The summed E-state index contributed by atoms with van der Waals surface area (Å²) in [6.07, 6.45) is 0.0787. The molecule has 1 fully saturated rings. The second kappa shape index (κ2) is 8.91. The predicted molar refractivity (Wildman–Crippen MR) is 110 cm³/mol. The maximum atomic E-state index is 13.7. The number of alkyl halides is 2. The number of hydrogen-bond donors (Lipinski definition) is 2. The molecule has 0 unspecified atom stereocenters. The zero-order valence-electron chi connectivity index (χ0n) is 16.5. The van der Waals surface area contributed by atoms with E-state index >= 15 is 0 Å². The normalized spacial score (nSPS) is 18.9. The van der Waals surface area contributed by atoms with Gasteiger partial charge in [0.1, 0.15) is 17.3 Å².